The molecule has 3 fully saturated rings. The zero-order valence-electron chi connectivity index (χ0n) is 15.5. The second kappa shape index (κ2) is 8.37. The molecule has 2 aliphatic heterocycles. The van der Waals surface area contributed by atoms with Crippen molar-refractivity contribution < 1.29 is 24.4 Å². The Kier molecular flexibility index (Phi) is 6.16. The summed E-state index contributed by atoms with van der Waals surface area (Å²) >= 11 is 0. The van der Waals surface area contributed by atoms with E-state index < -0.39 is 5.97 Å². The zero-order valence-corrected chi connectivity index (χ0v) is 15.5. The van der Waals surface area contributed by atoms with Gasteiger partial charge in [-0.2, -0.15) is 0 Å². The third-order valence-corrected chi connectivity index (χ3v) is 6.52. The molecule has 0 radical (unpaired) electrons. The molecule has 146 valence electrons. The first-order valence-corrected chi connectivity index (χ1v) is 10.1. The highest BCUT2D eigenvalue weighted by Gasteiger charge is 2.38. The standard InChI is InChI=1S/C19H31N3O4/c20-18(25)13-3-7-21(8-4-13)9-5-16-12-22(19(26)14-1-2-14)10-6-15(16)11-17(23)24/h13-16H,1-12H2,(H2,20,25)(H,23,24)/t15-,16-/m0/s1. The van der Waals surface area contributed by atoms with Crippen LogP contribution in [0, 0.1) is 23.7 Å². The van der Waals surface area contributed by atoms with Gasteiger partial charge in [0.05, 0.1) is 19.6 Å². The average Bonchev–Trinajstić information content (AvgIpc) is 3.45. The zero-order chi connectivity index (χ0) is 18.7. The first kappa shape index (κ1) is 19.1. The maximum atomic E-state index is 12.4. The molecule has 0 unspecified atom stereocenters. The number of carboxylic acids is 1. The number of amides is 2. The maximum Gasteiger partial charge on any atom is 0.225 e. The van der Waals surface area contributed by atoms with E-state index in [-0.39, 0.29) is 41.9 Å². The summed E-state index contributed by atoms with van der Waals surface area (Å²) in [5, 5.41) is 11.1. The minimum absolute atomic E-state index is 0.00548. The molecule has 1 aliphatic carbocycles. The number of hydrogen-bond acceptors (Lipinski definition) is 4. The van der Waals surface area contributed by atoms with Gasteiger partial charge in [-0.05, 0) is 37.5 Å². The molecule has 0 aromatic rings. The fraction of sp³-hybridized carbons (Fsp3) is 0.842. The van der Waals surface area contributed by atoms with E-state index in [2.05, 4.69) is 0 Å². The van der Waals surface area contributed by atoms with Gasteiger partial charge in [0.2, 0.25) is 11.8 Å². The van der Waals surface area contributed by atoms with Crippen molar-refractivity contribution in [2.45, 2.75) is 44.9 Å². The maximum absolute atomic E-state index is 12.4. The highest BCUT2D eigenvalue weighted by Crippen LogP contribution is 2.35. The van der Waals surface area contributed by atoms with Crippen molar-refractivity contribution in [1.82, 2.24) is 4.90 Å². The van der Waals surface area contributed by atoms with Crippen molar-refractivity contribution in [3.8, 4) is 0 Å². The Labute approximate surface area is 154 Å². The van der Waals surface area contributed by atoms with Gasteiger partial charge in [-0.3, -0.25) is 9.59 Å². The van der Waals surface area contributed by atoms with Crippen LogP contribution in [0.2, 0.25) is 0 Å². The summed E-state index contributed by atoms with van der Waals surface area (Å²) in [6, 6.07) is 0. The van der Waals surface area contributed by atoms with Gasteiger partial charge in [0.15, 0.2) is 0 Å². The Morgan fingerprint density at radius 1 is 1.00 bits per heavy atom. The van der Waals surface area contributed by atoms with Gasteiger partial charge >= 0.3 is 0 Å². The highest BCUT2D eigenvalue weighted by atomic mass is 16.4. The molecule has 3 rings (SSSR count). The number of nitrogens with one attached hydrogen (secondary N) is 1. The molecule has 0 aromatic carbocycles. The van der Waals surface area contributed by atoms with Gasteiger partial charge in [-0.1, -0.05) is 0 Å². The number of nitrogens with two attached hydrogens (primary N) is 1. The highest BCUT2D eigenvalue weighted by molar-refractivity contribution is 5.81. The lowest BCUT2D eigenvalue weighted by Crippen LogP contribution is -3.13. The number of carbonyl (C=O) groups excluding carboxylic acids is 3. The third-order valence-electron chi connectivity index (χ3n) is 6.52. The van der Waals surface area contributed by atoms with Crippen LogP contribution in [0.3, 0.4) is 0 Å². The van der Waals surface area contributed by atoms with Gasteiger partial charge in [0.25, 0.3) is 0 Å². The van der Waals surface area contributed by atoms with Crippen LogP contribution in [0.5, 0.6) is 0 Å². The SMILES string of the molecule is NC(=O)C1CC[NH+](CC[C@H]2CN(C(=O)C3CC3)CC[C@H]2CC(=O)[O-])CC1. The van der Waals surface area contributed by atoms with Gasteiger partial charge in [-0.15, -0.1) is 0 Å². The fourth-order valence-electron chi connectivity index (χ4n) is 4.63. The van der Waals surface area contributed by atoms with Crippen LogP contribution in [-0.4, -0.2) is 55.4 Å². The van der Waals surface area contributed by atoms with Crippen molar-refractivity contribution in [3.63, 3.8) is 0 Å². The number of aliphatic carboxylic acids is 1. The monoisotopic (exact) mass is 365 g/mol. The van der Waals surface area contributed by atoms with Crippen LogP contribution in [0.4, 0.5) is 0 Å². The van der Waals surface area contributed by atoms with Crippen molar-refractivity contribution in [2.24, 2.45) is 29.4 Å². The number of primary amides is 1. The predicted molar refractivity (Wildman–Crippen MR) is 92.6 cm³/mol. The van der Waals surface area contributed by atoms with Gasteiger partial charge in [0.1, 0.15) is 0 Å². The van der Waals surface area contributed by atoms with E-state index >= 15 is 0 Å². The van der Waals surface area contributed by atoms with Gasteiger partial charge in [-0.25, -0.2) is 0 Å². The summed E-state index contributed by atoms with van der Waals surface area (Å²) in [4.78, 5) is 38.2. The molecule has 0 aromatic heterocycles. The van der Waals surface area contributed by atoms with E-state index in [4.69, 9.17) is 5.73 Å². The summed E-state index contributed by atoms with van der Waals surface area (Å²) in [6.45, 7) is 4.21. The van der Waals surface area contributed by atoms with E-state index in [0.29, 0.717) is 13.1 Å². The lowest BCUT2D eigenvalue weighted by Gasteiger charge is -2.39. The number of carboxylic acid groups (broad SMARTS) is 1. The van der Waals surface area contributed by atoms with E-state index in [0.717, 1.165) is 58.2 Å². The van der Waals surface area contributed by atoms with E-state index in [1.165, 1.54) is 4.90 Å². The average molecular weight is 365 g/mol. The summed E-state index contributed by atoms with van der Waals surface area (Å²) in [7, 11) is 0. The Morgan fingerprint density at radius 2 is 1.69 bits per heavy atom. The van der Waals surface area contributed by atoms with E-state index in [9.17, 15) is 19.5 Å². The van der Waals surface area contributed by atoms with Crippen molar-refractivity contribution in [2.75, 3.05) is 32.7 Å². The first-order valence-electron chi connectivity index (χ1n) is 10.1. The Bertz CT molecular complexity index is 541. The van der Waals surface area contributed by atoms with Crippen molar-refractivity contribution in [1.29, 1.82) is 0 Å². The van der Waals surface area contributed by atoms with Gasteiger partial charge < -0.3 is 25.4 Å². The number of rotatable bonds is 7. The van der Waals surface area contributed by atoms with Crippen LogP contribution in [0.15, 0.2) is 0 Å². The molecule has 26 heavy (non-hydrogen) atoms. The molecule has 2 heterocycles. The first-order chi connectivity index (χ1) is 12.4. The molecule has 2 amide bonds. The minimum atomic E-state index is -0.989. The number of likely N-dealkylation sites (tertiary alicyclic amines) is 2. The molecule has 7 nitrogen and oxygen atoms in total. The summed E-state index contributed by atoms with van der Waals surface area (Å²) in [6.07, 6.45) is 5.45. The summed E-state index contributed by atoms with van der Waals surface area (Å²) in [5.41, 5.74) is 5.39. The second-order valence-corrected chi connectivity index (χ2v) is 8.41. The molecule has 2 atom stereocenters. The lowest BCUT2D eigenvalue weighted by molar-refractivity contribution is -0.906. The Morgan fingerprint density at radius 3 is 2.27 bits per heavy atom. The quantitative estimate of drug-likeness (QED) is 0.553. The molecule has 0 bridgehead atoms. The largest absolute Gasteiger partial charge is 0.550 e. The van der Waals surface area contributed by atoms with Crippen LogP contribution >= 0.6 is 0 Å². The van der Waals surface area contributed by atoms with Crippen LogP contribution in [0.1, 0.15) is 44.9 Å². The van der Waals surface area contributed by atoms with Crippen molar-refractivity contribution >= 4 is 17.8 Å². The topological polar surface area (TPSA) is 108 Å². The molecule has 3 N–H and O–H groups in total. The molecule has 0 spiro atoms. The normalized spacial score (nSPS) is 32.2. The van der Waals surface area contributed by atoms with Crippen molar-refractivity contribution in [3.05, 3.63) is 0 Å². The van der Waals surface area contributed by atoms with E-state index in [1.807, 2.05) is 4.90 Å². The third kappa shape index (κ3) is 4.96. The van der Waals surface area contributed by atoms with E-state index in [1.54, 1.807) is 0 Å². The molecule has 3 aliphatic rings. The predicted octanol–water partition coefficient (Wildman–Crippen LogP) is -1.83. The number of quaternary nitrogens is 1. The Balaban J connectivity index is 1.52. The number of nitrogens with zero attached hydrogens (tertiary/aromatic N) is 1. The molecule has 2 saturated heterocycles. The minimum Gasteiger partial charge on any atom is -0.550 e. The Hall–Kier alpha value is -1.63. The van der Waals surface area contributed by atoms with Crippen LogP contribution in [0.25, 0.3) is 0 Å². The lowest BCUT2D eigenvalue weighted by atomic mass is 9.80. The smallest absolute Gasteiger partial charge is 0.225 e. The number of piperidine rings is 2. The summed E-state index contributed by atoms with van der Waals surface area (Å²) < 4.78 is 0. The summed E-state index contributed by atoms with van der Waals surface area (Å²) in [5.74, 6) is -0.373. The molecule has 7 heteroatoms. The molecule has 1 saturated carbocycles. The second-order valence-electron chi connectivity index (χ2n) is 8.41. The van der Waals surface area contributed by atoms with Crippen LogP contribution in [-0.2, 0) is 14.4 Å². The molecular weight excluding hydrogens is 334 g/mol. The number of hydrogen-bond donors (Lipinski definition) is 2. The van der Waals surface area contributed by atoms with Crippen LogP contribution < -0.4 is 15.7 Å². The fourth-order valence-corrected chi connectivity index (χ4v) is 4.63. The number of carbonyl (C=O) groups is 3. The van der Waals surface area contributed by atoms with Gasteiger partial charge in [0, 0.05) is 50.2 Å². The molecular formula is C19H31N3O4.